The van der Waals surface area contributed by atoms with Crippen molar-refractivity contribution in [3.8, 4) is 11.6 Å². The summed E-state index contributed by atoms with van der Waals surface area (Å²) >= 11 is 0. The van der Waals surface area contributed by atoms with Gasteiger partial charge in [-0.1, -0.05) is 26.8 Å². The summed E-state index contributed by atoms with van der Waals surface area (Å²) in [6.45, 7) is 12.5. The monoisotopic (exact) mass is 660 g/mol. The zero-order chi connectivity index (χ0) is 34.4. The Kier molecular flexibility index (Phi) is 11.2. The molecular formula is C38H49FN4O5. The van der Waals surface area contributed by atoms with Crippen LogP contribution >= 0.6 is 0 Å². The zero-order valence-corrected chi connectivity index (χ0v) is 29.1. The maximum atomic E-state index is 15.2. The second-order valence-corrected chi connectivity index (χ2v) is 14.2. The number of amides is 1. The molecule has 0 spiro atoms. The maximum Gasteiger partial charge on any atom is 0.306 e. The molecule has 1 aliphatic carbocycles. The molecule has 258 valence electrons. The minimum absolute atomic E-state index is 0.0986. The van der Waals surface area contributed by atoms with Gasteiger partial charge in [0, 0.05) is 43.7 Å². The summed E-state index contributed by atoms with van der Waals surface area (Å²) < 4.78 is 32.0. The first-order valence-corrected chi connectivity index (χ1v) is 17.1. The Bertz CT molecular complexity index is 1580. The number of anilines is 2. The highest BCUT2D eigenvalue weighted by molar-refractivity contribution is 6.09. The molecule has 9 nitrogen and oxygen atoms in total. The number of pyridine rings is 2. The SMILES string of the molecule is CCOC(=O)CC(c1ccnc(OCC2CCN(c3cc(OC)c(F)cc3C(=O)N(CC(C)(C)C)c3cccc(C)n3)CC2)c1)C1CC1. The van der Waals surface area contributed by atoms with Gasteiger partial charge < -0.3 is 19.1 Å². The largest absolute Gasteiger partial charge is 0.494 e. The van der Waals surface area contributed by atoms with Crippen LogP contribution in [-0.2, 0) is 9.53 Å². The van der Waals surface area contributed by atoms with Crippen molar-refractivity contribution in [3.05, 3.63) is 71.3 Å². The third kappa shape index (κ3) is 9.02. The van der Waals surface area contributed by atoms with Crippen LogP contribution in [0, 0.1) is 30.0 Å². The number of hydrogen-bond donors (Lipinski definition) is 0. The van der Waals surface area contributed by atoms with E-state index in [2.05, 4.69) is 35.6 Å². The molecule has 0 radical (unpaired) electrons. The summed E-state index contributed by atoms with van der Waals surface area (Å²) in [6.07, 6.45) is 6.01. The van der Waals surface area contributed by atoms with Crippen molar-refractivity contribution in [1.29, 1.82) is 0 Å². The lowest BCUT2D eigenvalue weighted by atomic mass is 9.92. The van der Waals surface area contributed by atoms with E-state index in [4.69, 9.17) is 14.2 Å². The average Bonchev–Trinajstić information content (AvgIpc) is 3.90. The van der Waals surface area contributed by atoms with Gasteiger partial charge in [-0.3, -0.25) is 14.5 Å². The van der Waals surface area contributed by atoms with E-state index >= 15 is 4.39 Å². The maximum absolute atomic E-state index is 15.2. The number of esters is 1. The Morgan fingerprint density at radius 1 is 1.08 bits per heavy atom. The highest BCUT2D eigenvalue weighted by Crippen LogP contribution is 2.45. The fraction of sp³-hybridized carbons (Fsp3) is 0.526. The fourth-order valence-electron chi connectivity index (χ4n) is 6.42. The van der Waals surface area contributed by atoms with Gasteiger partial charge >= 0.3 is 5.97 Å². The van der Waals surface area contributed by atoms with Crippen molar-refractivity contribution in [2.24, 2.45) is 17.3 Å². The first-order valence-electron chi connectivity index (χ1n) is 17.1. The quantitative estimate of drug-likeness (QED) is 0.176. The molecule has 3 heterocycles. The second-order valence-electron chi connectivity index (χ2n) is 14.2. The number of piperidine rings is 1. The number of aryl methyl sites for hydroxylation is 1. The molecule has 1 aromatic carbocycles. The van der Waals surface area contributed by atoms with Gasteiger partial charge in [0.15, 0.2) is 11.6 Å². The number of rotatable bonds is 13. The molecule has 0 bridgehead atoms. The lowest BCUT2D eigenvalue weighted by molar-refractivity contribution is -0.143. The summed E-state index contributed by atoms with van der Waals surface area (Å²) in [5, 5.41) is 0. The molecule has 10 heteroatoms. The Hall–Kier alpha value is -4.21. The molecule has 1 atom stereocenters. The topological polar surface area (TPSA) is 94.1 Å². The van der Waals surface area contributed by atoms with Crippen LogP contribution in [0.4, 0.5) is 15.9 Å². The van der Waals surface area contributed by atoms with Gasteiger partial charge in [-0.25, -0.2) is 14.4 Å². The van der Waals surface area contributed by atoms with E-state index in [1.165, 1.54) is 13.2 Å². The number of benzene rings is 1. The van der Waals surface area contributed by atoms with Gasteiger partial charge in [-0.2, -0.15) is 0 Å². The normalized spacial score (nSPS) is 15.9. The number of nitrogens with zero attached hydrogens (tertiary/aromatic N) is 4. The number of aromatic nitrogens is 2. The molecule has 2 aromatic heterocycles. The summed E-state index contributed by atoms with van der Waals surface area (Å²) in [5.74, 6) is 1.03. The predicted molar refractivity (Wildman–Crippen MR) is 184 cm³/mol. The van der Waals surface area contributed by atoms with E-state index < -0.39 is 5.82 Å². The molecule has 1 saturated carbocycles. The van der Waals surface area contributed by atoms with Crippen molar-refractivity contribution in [2.45, 2.75) is 72.6 Å². The minimum atomic E-state index is -0.582. The number of hydrogen-bond acceptors (Lipinski definition) is 8. The van der Waals surface area contributed by atoms with E-state index in [9.17, 15) is 9.59 Å². The lowest BCUT2D eigenvalue weighted by Crippen LogP contribution is -2.41. The molecule has 3 aromatic rings. The molecule has 0 N–H and O–H groups in total. The number of carbonyl (C=O) groups excluding carboxylic acids is 2. The summed E-state index contributed by atoms with van der Waals surface area (Å²) in [6, 6.07) is 12.5. The molecule has 5 rings (SSSR count). The molecule has 2 aliphatic rings. The zero-order valence-electron chi connectivity index (χ0n) is 29.1. The van der Waals surface area contributed by atoms with E-state index in [-0.39, 0.29) is 40.4 Å². The van der Waals surface area contributed by atoms with Gasteiger partial charge in [-0.05, 0) is 92.5 Å². The van der Waals surface area contributed by atoms with Crippen molar-refractivity contribution in [3.63, 3.8) is 0 Å². The number of ether oxygens (including phenoxy) is 3. The van der Waals surface area contributed by atoms with E-state index in [0.717, 1.165) is 36.9 Å². The van der Waals surface area contributed by atoms with Crippen LogP contribution < -0.4 is 19.3 Å². The van der Waals surface area contributed by atoms with Gasteiger partial charge in [0.05, 0.1) is 38.0 Å². The van der Waals surface area contributed by atoms with Gasteiger partial charge in [0.1, 0.15) is 5.82 Å². The smallest absolute Gasteiger partial charge is 0.306 e. The molecular weight excluding hydrogens is 611 g/mol. The van der Waals surface area contributed by atoms with Crippen LogP contribution in [0.2, 0.25) is 0 Å². The molecule has 1 amide bonds. The van der Waals surface area contributed by atoms with Crippen LogP contribution in [0.3, 0.4) is 0 Å². The predicted octanol–water partition coefficient (Wildman–Crippen LogP) is 7.37. The van der Waals surface area contributed by atoms with Gasteiger partial charge in [0.25, 0.3) is 5.91 Å². The number of methoxy groups -OCH3 is 1. The third-order valence-electron chi connectivity index (χ3n) is 9.02. The Labute approximate surface area is 283 Å². The molecule has 1 saturated heterocycles. The fourth-order valence-corrected chi connectivity index (χ4v) is 6.42. The molecule has 2 fully saturated rings. The molecule has 48 heavy (non-hydrogen) atoms. The second kappa shape index (κ2) is 15.3. The van der Waals surface area contributed by atoms with Gasteiger partial charge in [0.2, 0.25) is 5.88 Å². The Morgan fingerprint density at radius 2 is 1.83 bits per heavy atom. The summed E-state index contributed by atoms with van der Waals surface area (Å²) in [4.78, 5) is 39.4. The van der Waals surface area contributed by atoms with Crippen molar-refractivity contribution < 1.29 is 28.2 Å². The van der Waals surface area contributed by atoms with E-state index in [0.29, 0.717) is 62.6 Å². The standard InChI is InChI=1S/C38H49FN4O5/c1-7-47-36(44)21-29(27-11-12-27)28-13-16-40-35(19-28)48-23-26-14-17-42(18-15-26)32-22-33(46-6)31(39)20-30(32)37(45)43(24-38(3,4)5)34-10-8-9-25(2)41-34/h8-10,13,16,19-20,22,26-27,29H,7,11-12,14-15,17-18,21,23-24H2,1-6H3. The Morgan fingerprint density at radius 3 is 2.48 bits per heavy atom. The summed E-state index contributed by atoms with van der Waals surface area (Å²) in [7, 11) is 1.43. The highest BCUT2D eigenvalue weighted by atomic mass is 19.1. The Balaban J connectivity index is 1.28. The van der Waals surface area contributed by atoms with Crippen LogP contribution in [0.25, 0.3) is 0 Å². The van der Waals surface area contributed by atoms with Crippen LogP contribution in [0.1, 0.15) is 87.3 Å². The van der Waals surface area contributed by atoms with Crippen LogP contribution in [0.15, 0.2) is 48.7 Å². The summed E-state index contributed by atoms with van der Waals surface area (Å²) in [5.41, 5.74) is 2.56. The first-order chi connectivity index (χ1) is 23.0. The van der Waals surface area contributed by atoms with Crippen molar-refractivity contribution >= 4 is 23.4 Å². The first kappa shape index (κ1) is 35.1. The minimum Gasteiger partial charge on any atom is -0.494 e. The van der Waals surface area contributed by atoms with Crippen LogP contribution in [-0.4, -0.2) is 61.8 Å². The molecule has 1 unspecified atom stereocenters. The molecule has 1 aliphatic heterocycles. The number of carbonyl (C=O) groups is 2. The highest BCUT2D eigenvalue weighted by Gasteiger charge is 2.35. The van der Waals surface area contributed by atoms with E-state index in [1.54, 1.807) is 17.2 Å². The lowest BCUT2D eigenvalue weighted by Gasteiger charge is -2.36. The number of halogens is 1. The van der Waals surface area contributed by atoms with Crippen LogP contribution in [0.5, 0.6) is 11.6 Å². The average molecular weight is 661 g/mol. The third-order valence-corrected chi connectivity index (χ3v) is 9.02. The van der Waals surface area contributed by atoms with Gasteiger partial charge in [-0.15, -0.1) is 0 Å². The van der Waals surface area contributed by atoms with Crippen molar-refractivity contribution in [1.82, 2.24) is 9.97 Å². The van der Waals surface area contributed by atoms with E-state index in [1.807, 2.05) is 44.2 Å². The van der Waals surface area contributed by atoms with Crippen molar-refractivity contribution in [2.75, 3.05) is 49.8 Å².